The van der Waals surface area contributed by atoms with Crippen molar-refractivity contribution in [1.29, 1.82) is 0 Å². The average molecular weight is 315 g/mol. The van der Waals surface area contributed by atoms with Crippen LogP contribution in [0.1, 0.15) is 42.8 Å². The molecule has 0 bridgehead atoms. The van der Waals surface area contributed by atoms with Crippen LogP contribution in [-0.4, -0.2) is 9.78 Å². The zero-order valence-corrected chi connectivity index (χ0v) is 12.7. The lowest BCUT2D eigenvalue weighted by Gasteiger charge is -2.21. The van der Waals surface area contributed by atoms with Gasteiger partial charge in [0.25, 0.3) is 0 Å². The first kappa shape index (κ1) is 15.9. The van der Waals surface area contributed by atoms with Crippen molar-refractivity contribution in [3.05, 3.63) is 51.8 Å². The molecule has 1 atom stereocenters. The van der Waals surface area contributed by atoms with Gasteiger partial charge in [-0.15, -0.1) is 0 Å². The Morgan fingerprint density at radius 3 is 2.52 bits per heavy atom. The number of aryl methyl sites for hydroxylation is 1. The van der Waals surface area contributed by atoms with Gasteiger partial charge in [-0.1, -0.05) is 11.6 Å². The molecule has 2 rings (SSSR count). The Hall–Kier alpha value is -1.50. The van der Waals surface area contributed by atoms with E-state index in [0.717, 1.165) is 6.07 Å². The van der Waals surface area contributed by atoms with Gasteiger partial charge < -0.3 is 0 Å². The number of rotatable bonds is 4. The predicted molar refractivity (Wildman–Crippen MR) is 77.9 cm³/mol. The highest BCUT2D eigenvalue weighted by molar-refractivity contribution is 6.31. The van der Waals surface area contributed by atoms with E-state index >= 15 is 0 Å². The lowest BCUT2D eigenvalue weighted by atomic mass is 10.0. The summed E-state index contributed by atoms with van der Waals surface area (Å²) in [5, 5.41) is 4.54. The van der Waals surface area contributed by atoms with E-state index < -0.39 is 17.7 Å². The van der Waals surface area contributed by atoms with Crippen molar-refractivity contribution in [1.82, 2.24) is 15.2 Å². The third kappa shape index (κ3) is 2.92. The molecule has 1 unspecified atom stereocenters. The zero-order valence-electron chi connectivity index (χ0n) is 12.0. The minimum Gasteiger partial charge on any atom is -0.271 e. The summed E-state index contributed by atoms with van der Waals surface area (Å²) in [5.41, 5.74) is 3.63. The second-order valence-corrected chi connectivity index (χ2v) is 5.55. The molecule has 21 heavy (non-hydrogen) atoms. The number of hydrogen-bond acceptors (Lipinski definition) is 3. The molecule has 0 radical (unpaired) electrons. The van der Waals surface area contributed by atoms with Crippen LogP contribution in [-0.2, 0) is 0 Å². The van der Waals surface area contributed by atoms with Crippen molar-refractivity contribution in [2.75, 3.05) is 0 Å². The van der Waals surface area contributed by atoms with E-state index in [1.54, 1.807) is 11.6 Å². The topological polar surface area (TPSA) is 55.9 Å². The fourth-order valence-corrected chi connectivity index (χ4v) is 2.49. The molecule has 1 heterocycles. The number of nitrogens with two attached hydrogens (primary N) is 1. The smallest absolute Gasteiger partial charge is 0.131 e. The first-order valence-corrected chi connectivity index (χ1v) is 6.89. The van der Waals surface area contributed by atoms with Crippen LogP contribution < -0.4 is 11.3 Å². The Bertz CT molecular complexity index is 655. The van der Waals surface area contributed by atoms with Crippen molar-refractivity contribution >= 4 is 11.6 Å². The Balaban J connectivity index is 2.60. The van der Waals surface area contributed by atoms with E-state index in [9.17, 15) is 8.78 Å². The molecule has 0 aliphatic carbocycles. The van der Waals surface area contributed by atoms with Crippen molar-refractivity contribution < 1.29 is 8.78 Å². The molecule has 1 aromatic heterocycles. The largest absolute Gasteiger partial charge is 0.271 e. The standard InChI is InChI=1S/C14H17ClF2N4/c1-7(2)21-14(10(15)6-19-21)13(20-18)9-4-8(3)11(16)5-12(9)17/h4-7,13,20H,18H2,1-3H3. The van der Waals surface area contributed by atoms with Crippen molar-refractivity contribution in [3.8, 4) is 0 Å². The van der Waals surface area contributed by atoms with Gasteiger partial charge in [-0.05, 0) is 32.4 Å². The molecular formula is C14H17ClF2N4. The lowest BCUT2D eigenvalue weighted by Crippen LogP contribution is -2.32. The minimum absolute atomic E-state index is 0.0213. The number of aromatic nitrogens is 2. The van der Waals surface area contributed by atoms with E-state index in [2.05, 4.69) is 10.5 Å². The molecule has 0 aliphatic heterocycles. The molecule has 0 fully saturated rings. The van der Waals surface area contributed by atoms with Gasteiger partial charge in [0.2, 0.25) is 0 Å². The van der Waals surface area contributed by atoms with Gasteiger partial charge in [0.15, 0.2) is 0 Å². The second-order valence-electron chi connectivity index (χ2n) is 5.14. The fourth-order valence-electron chi connectivity index (χ4n) is 2.25. The zero-order chi connectivity index (χ0) is 15.7. The molecular weight excluding hydrogens is 298 g/mol. The van der Waals surface area contributed by atoms with Gasteiger partial charge in [0.05, 0.1) is 23.0 Å². The van der Waals surface area contributed by atoms with Crippen molar-refractivity contribution in [2.45, 2.75) is 32.9 Å². The number of nitrogens with one attached hydrogen (secondary N) is 1. The molecule has 2 aromatic rings. The molecule has 4 nitrogen and oxygen atoms in total. The summed E-state index contributed by atoms with van der Waals surface area (Å²) in [6, 6.07) is 1.57. The van der Waals surface area contributed by atoms with E-state index in [-0.39, 0.29) is 11.6 Å². The summed E-state index contributed by atoms with van der Waals surface area (Å²) in [7, 11) is 0. The highest BCUT2D eigenvalue weighted by Crippen LogP contribution is 2.32. The average Bonchev–Trinajstić information content (AvgIpc) is 2.79. The third-order valence-electron chi connectivity index (χ3n) is 3.31. The van der Waals surface area contributed by atoms with Crippen LogP contribution in [0.3, 0.4) is 0 Å². The molecule has 7 heteroatoms. The Labute approximate surface area is 126 Å². The van der Waals surface area contributed by atoms with Gasteiger partial charge >= 0.3 is 0 Å². The Morgan fingerprint density at radius 2 is 1.95 bits per heavy atom. The van der Waals surface area contributed by atoms with Crippen molar-refractivity contribution in [2.24, 2.45) is 5.84 Å². The lowest BCUT2D eigenvalue weighted by molar-refractivity contribution is 0.465. The maximum absolute atomic E-state index is 14.1. The van der Waals surface area contributed by atoms with Gasteiger partial charge in [-0.2, -0.15) is 5.10 Å². The Morgan fingerprint density at radius 1 is 1.29 bits per heavy atom. The summed E-state index contributed by atoms with van der Waals surface area (Å²) in [6.45, 7) is 5.41. The van der Waals surface area contributed by atoms with E-state index in [4.69, 9.17) is 17.4 Å². The van der Waals surface area contributed by atoms with E-state index in [1.807, 2.05) is 13.8 Å². The maximum Gasteiger partial charge on any atom is 0.131 e. The number of nitrogens with zero attached hydrogens (tertiary/aromatic N) is 2. The molecule has 3 N–H and O–H groups in total. The van der Waals surface area contributed by atoms with Crippen LogP contribution in [0.5, 0.6) is 0 Å². The van der Waals surface area contributed by atoms with E-state index in [0.29, 0.717) is 16.3 Å². The monoisotopic (exact) mass is 314 g/mol. The van der Waals surface area contributed by atoms with Gasteiger partial charge in [0.1, 0.15) is 11.6 Å². The first-order chi connectivity index (χ1) is 9.86. The first-order valence-electron chi connectivity index (χ1n) is 6.51. The van der Waals surface area contributed by atoms with Crippen LogP contribution in [0.25, 0.3) is 0 Å². The third-order valence-corrected chi connectivity index (χ3v) is 3.60. The van der Waals surface area contributed by atoms with Crippen LogP contribution in [0.15, 0.2) is 18.3 Å². The second kappa shape index (κ2) is 6.09. The highest BCUT2D eigenvalue weighted by Gasteiger charge is 2.25. The molecule has 0 saturated heterocycles. The fraction of sp³-hybridized carbons (Fsp3) is 0.357. The Kier molecular flexibility index (Phi) is 4.61. The number of hydrogen-bond donors (Lipinski definition) is 2. The molecule has 1 aromatic carbocycles. The quantitative estimate of drug-likeness (QED) is 0.673. The molecule has 0 aliphatic rings. The van der Waals surface area contributed by atoms with Crippen LogP contribution >= 0.6 is 11.6 Å². The van der Waals surface area contributed by atoms with Crippen LogP contribution in [0.2, 0.25) is 5.02 Å². The number of halogens is 3. The van der Waals surface area contributed by atoms with Gasteiger partial charge in [-0.3, -0.25) is 10.5 Å². The highest BCUT2D eigenvalue weighted by atomic mass is 35.5. The molecule has 0 amide bonds. The normalized spacial score (nSPS) is 13.0. The van der Waals surface area contributed by atoms with Crippen LogP contribution in [0.4, 0.5) is 8.78 Å². The minimum atomic E-state index is -0.721. The molecule has 114 valence electrons. The van der Waals surface area contributed by atoms with Crippen LogP contribution in [0, 0.1) is 18.6 Å². The summed E-state index contributed by atoms with van der Waals surface area (Å²) in [5.74, 6) is 4.29. The van der Waals surface area contributed by atoms with E-state index in [1.165, 1.54) is 12.3 Å². The van der Waals surface area contributed by atoms with Gasteiger partial charge in [-0.25, -0.2) is 14.2 Å². The molecule has 0 spiro atoms. The summed E-state index contributed by atoms with van der Waals surface area (Å²) in [6.07, 6.45) is 1.48. The number of hydrazine groups is 1. The maximum atomic E-state index is 14.1. The SMILES string of the molecule is Cc1cc(C(NN)c2c(Cl)cnn2C(C)C)c(F)cc1F. The van der Waals surface area contributed by atoms with Crippen molar-refractivity contribution in [3.63, 3.8) is 0 Å². The number of benzene rings is 1. The predicted octanol–water partition coefficient (Wildman–Crippen LogP) is 3.26. The molecule has 0 saturated carbocycles. The summed E-state index contributed by atoms with van der Waals surface area (Å²) in [4.78, 5) is 0. The van der Waals surface area contributed by atoms with Gasteiger partial charge in [0, 0.05) is 17.7 Å². The summed E-state index contributed by atoms with van der Waals surface area (Å²) < 4.78 is 29.2. The summed E-state index contributed by atoms with van der Waals surface area (Å²) >= 11 is 6.16.